The van der Waals surface area contributed by atoms with Crippen LogP contribution in [0.5, 0.6) is 0 Å². The Morgan fingerprint density at radius 1 is 1.10 bits per heavy atom. The van der Waals surface area contributed by atoms with Gasteiger partial charge in [0.25, 0.3) is 0 Å². The van der Waals surface area contributed by atoms with Crippen LogP contribution in [0.2, 0.25) is 0 Å². The Morgan fingerprint density at radius 2 is 1.76 bits per heavy atom. The second-order valence-electron chi connectivity index (χ2n) is 7.02. The molecule has 1 unspecified atom stereocenters. The van der Waals surface area contributed by atoms with Crippen LogP contribution in [0, 0.1) is 17.0 Å². The molecule has 1 aromatic carbocycles. The number of aromatic nitrogens is 4. The van der Waals surface area contributed by atoms with Gasteiger partial charge >= 0.3 is 5.69 Å². The van der Waals surface area contributed by atoms with Gasteiger partial charge in [-0.1, -0.05) is 35.0 Å². The van der Waals surface area contributed by atoms with Crippen molar-refractivity contribution in [3.05, 3.63) is 58.2 Å². The van der Waals surface area contributed by atoms with E-state index >= 15 is 0 Å². The van der Waals surface area contributed by atoms with Gasteiger partial charge in [0.05, 0.1) is 11.0 Å². The molecule has 1 atom stereocenters. The van der Waals surface area contributed by atoms with Crippen molar-refractivity contribution >= 4 is 11.6 Å². The second-order valence-corrected chi connectivity index (χ2v) is 7.02. The molecule has 1 aliphatic heterocycles. The van der Waals surface area contributed by atoms with E-state index in [0.29, 0.717) is 30.8 Å². The van der Waals surface area contributed by atoms with E-state index in [4.69, 9.17) is 4.52 Å². The standard InChI is InChI=1S/C19H21N7O3/c1-13-3-5-15(6-4-13)17-22-18(29-23-17)14(2)24-7-9-25(10-8-24)19-20-11-16(12-21-19)26(27)28/h3-6,11-12,14H,7-10H2,1-2H3. The van der Waals surface area contributed by atoms with Crippen LogP contribution in [-0.4, -0.2) is 56.1 Å². The van der Waals surface area contributed by atoms with E-state index in [9.17, 15) is 10.1 Å². The molecule has 1 aliphatic rings. The topological polar surface area (TPSA) is 114 Å². The molecular weight excluding hydrogens is 374 g/mol. The molecule has 0 amide bonds. The van der Waals surface area contributed by atoms with Gasteiger partial charge in [0.1, 0.15) is 12.4 Å². The summed E-state index contributed by atoms with van der Waals surface area (Å²) in [5.41, 5.74) is 2.00. The molecule has 10 nitrogen and oxygen atoms in total. The predicted octanol–water partition coefficient (Wildman–Crippen LogP) is 2.63. The zero-order chi connectivity index (χ0) is 20.4. The summed E-state index contributed by atoms with van der Waals surface area (Å²) in [7, 11) is 0. The first kappa shape index (κ1) is 18.9. The molecular formula is C19H21N7O3. The Bertz CT molecular complexity index is 980. The average molecular weight is 395 g/mol. The zero-order valence-electron chi connectivity index (χ0n) is 16.2. The minimum Gasteiger partial charge on any atom is -0.338 e. The lowest BCUT2D eigenvalue weighted by atomic mass is 10.1. The third kappa shape index (κ3) is 4.06. The summed E-state index contributed by atoms with van der Waals surface area (Å²) in [6, 6.07) is 8.00. The number of benzene rings is 1. The van der Waals surface area contributed by atoms with Gasteiger partial charge in [-0.25, -0.2) is 9.97 Å². The molecule has 4 rings (SSSR count). The van der Waals surface area contributed by atoms with E-state index < -0.39 is 4.92 Å². The molecule has 0 saturated carbocycles. The van der Waals surface area contributed by atoms with Gasteiger partial charge in [0.2, 0.25) is 17.7 Å². The molecule has 0 aliphatic carbocycles. The van der Waals surface area contributed by atoms with E-state index in [1.54, 1.807) is 0 Å². The first-order chi connectivity index (χ1) is 14.0. The summed E-state index contributed by atoms with van der Waals surface area (Å²) in [5, 5.41) is 14.9. The minimum atomic E-state index is -0.501. The van der Waals surface area contributed by atoms with Crippen LogP contribution in [0.3, 0.4) is 0 Å². The van der Waals surface area contributed by atoms with Crippen molar-refractivity contribution in [2.24, 2.45) is 0 Å². The molecule has 1 fully saturated rings. The number of hydrogen-bond donors (Lipinski definition) is 0. The minimum absolute atomic E-state index is 0.0124. The first-order valence-electron chi connectivity index (χ1n) is 9.37. The lowest BCUT2D eigenvalue weighted by Crippen LogP contribution is -2.47. The summed E-state index contributed by atoms with van der Waals surface area (Å²) in [5.74, 6) is 1.67. The summed E-state index contributed by atoms with van der Waals surface area (Å²) in [4.78, 5) is 27.3. The molecule has 0 spiro atoms. The SMILES string of the molecule is Cc1ccc(-c2noc(C(C)N3CCN(c4ncc([N+](=O)[O-])cn4)CC3)n2)cc1. The summed E-state index contributed by atoms with van der Waals surface area (Å²) < 4.78 is 5.51. The molecule has 29 heavy (non-hydrogen) atoms. The summed E-state index contributed by atoms with van der Waals surface area (Å²) in [6.45, 7) is 7.04. The molecule has 1 saturated heterocycles. The van der Waals surface area contributed by atoms with E-state index in [-0.39, 0.29) is 11.7 Å². The van der Waals surface area contributed by atoms with Crippen molar-refractivity contribution in [3.63, 3.8) is 0 Å². The number of piperazine rings is 1. The van der Waals surface area contributed by atoms with Gasteiger partial charge in [-0.05, 0) is 13.8 Å². The molecule has 3 aromatic rings. The van der Waals surface area contributed by atoms with Crippen molar-refractivity contribution in [1.82, 2.24) is 25.0 Å². The van der Waals surface area contributed by atoms with Crippen LogP contribution in [-0.2, 0) is 0 Å². The van der Waals surface area contributed by atoms with Gasteiger partial charge in [-0.3, -0.25) is 15.0 Å². The Labute approximate surface area is 167 Å². The van der Waals surface area contributed by atoms with Gasteiger partial charge in [-0.15, -0.1) is 0 Å². The van der Waals surface area contributed by atoms with Crippen LogP contribution in [0.4, 0.5) is 11.6 Å². The fraction of sp³-hybridized carbons (Fsp3) is 0.368. The Balaban J connectivity index is 1.38. The molecule has 2 aromatic heterocycles. The molecule has 0 radical (unpaired) electrons. The fourth-order valence-corrected chi connectivity index (χ4v) is 3.26. The number of aryl methyl sites for hydroxylation is 1. The lowest BCUT2D eigenvalue weighted by Gasteiger charge is -2.36. The Kier molecular flexibility index (Phi) is 5.17. The highest BCUT2D eigenvalue weighted by Gasteiger charge is 2.27. The fourth-order valence-electron chi connectivity index (χ4n) is 3.26. The van der Waals surface area contributed by atoms with Crippen molar-refractivity contribution in [1.29, 1.82) is 0 Å². The van der Waals surface area contributed by atoms with Gasteiger partial charge < -0.3 is 9.42 Å². The lowest BCUT2D eigenvalue weighted by molar-refractivity contribution is -0.385. The highest BCUT2D eigenvalue weighted by atomic mass is 16.6. The number of rotatable bonds is 5. The number of nitro groups is 1. The van der Waals surface area contributed by atoms with Crippen LogP contribution >= 0.6 is 0 Å². The number of hydrogen-bond acceptors (Lipinski definition) is 9. The average Bonchev–Trinajstić information content (AvgIpc) is 3.24. The molecule has 3 heterocycles. The van der Waals surface area contributed by atoms with Crippen LogP contribution in [0.25, 0.3) is 11.4 Å². The third-order valence-corrected chi connectivity index (χ3v) is 5.09. The maximum atomic E-state index is 10.7. The van der Waals surface area contributed by atoms with E-state index in [1.165, 1.54) is 18.0 Å². The smallest absolute Gasteiger partial charge is 0.305 e. The van der Waals surface area contributed by atoms with Crippen LogP contribution < -0.4 is 4.90 Å². The van der Waals surface area contributed by atoms with Crippen LogP contribution in [0.15, 0.2) is 41.2 Å². The molecule has 0 bridgehead atoms. The van der Waals surface area contributed by atoms with E-state index in [1.807, 2.05) is 43.0 Å². The van der Waals surface area contributed by atoms with Crippen LogP contribution in [0.1, 0.15) is 24.4 Å². The van der Waals surface area contributed by atoms with Crippen molar-refractivity contribution in [3.8, 4) is 11.4 Å². The summed E-state index contributed by atoms with van der Waals surface area (Å²) in [6.07, 6.45) is 2.48. The van der Waals surface area contributed by atoms with Crippen molar-refractivity contribution < 1.29 is 9.45 Å². The molecule has 0 N–H and O–H groups in total. The normalized spacial score (nSPS) is 16.0. The second kappa shape index (κ2) is 7.92. The van der Waals surface area contributed by atoms with E-state index in [2.05, 4.69) is 25.0 Å². The number of anilines is 1. The van der Waals surface area contributed by atoms with Crippen molar-refractivity contribution in [2.45, 2.75) is 19.9 Å². The van der Waals surface area contributed by atoms with Crippen molar-refractivity contribution in [2.75, 3.05) is 31.1 Å². The summed E-state index contributed by atoms with van der Waals surface area (Å²) >= 11 is 0. The van der Waals surface area contributed by atoms with Gasteiger partial charge in [0.15, 0.2) is 0 Å². The first-order valence-corrected chi connectivity index (χ1v) is 9.37. The highest BCUT2D eigenvalue weighted by Crippen LogP contribution is 2.24. The highest BCUT2D eigenvalue weighted by molar-refractivity contribution is 5.54. The maximum Gasteiger partial charge on any atom is 0.305 e. The van der Waals surface area contributed by atoms with Gasteiger partial charge in [-0.2, -0.15) is 4.98 Å². The Hall–Kier alpha value is -3.40. The quantitative estimate of drug-likeness (QED) is 0.475. The maximum absolute atomic E-state index is 10.7. The molecule has 10 heteroatoms. The largest absolute Gasteiger partial charge is 0.338 e. The molecule has 150 valence electrons. The predicted molar refractivity (Wildman–Crippen MR) is 105 cm³/mol. The van der Waals surface area contributed by atoms with E-state index in [0.717, 1.165) is 18.7 Å². The zero-order valence-corrected chi connectivity index (χ0v) is 16.2. The third-order valence-electron chi connectivity index (χ3n) is 5.09. The monoisotopic (exact) mass is 395 g/mol. The van der Waals surface area contributed by atoms with Gasteiger partial charge in [0, 0.05) is 31.7 Å². The number of nitrogens with zero attached hydrogens (tertiary/aromatic N) is 7. The Morgan fingerprint density at radius 3 is 2.38 bits per heavy atom.